The van der Waals surface area contributed by atoms with E-state index in [9.17, 15) is 4.79 Å². The van der Waals surface area contributed by atoms with Crippen LogP contribution in [0, 0.1) is 12.8 Å². The molecule has 1 aliphatic heterocycles. The van der Waals surface area contributed by atoms with Gasteiger partial charge in [0.1, 0.15) is 5.60 Å². The van der Waals surface area contributed by atoms with Gasteiger partial charge in [-0.2, -0.15) is 4.98 Å². The molecule has 1 amide bonds. The molecule has 6 heteroatoms. The third-order valence-electron chi connectivity index (χ3n) is 3.33. The summed E-state index contributed by atoms with van der Waals surface area (Å²) in [5.41, 5.74) is -0.459. The third-order valence-corrected chi connectivity index (χ3v) is 3.33. The molecule has 0 saturated carbocycles. The molecule has 2 heterocycles. The number of carbonyl (C=O) groups excluding carboxylic acids is 1. The monoisotopic (exact) mass is 281 g/mol. The van der Waals surface area contributed by atoms with Crippen LogP contribution in [0.3, 0.4) is 0 Å². The lowest BCUT2D eigenvalue weighted by Crippen LogP contribution is -2.38. The molecule has 20 heavy (non-hydrogen) atoms. The summed E-state index contributed by atoms with van der Waals surface area (Å²) < 4.78 is 10.4. The van der Waals surface area contributed by atoms with Gasteiger partial charge >= 0.3 is 6.09 Å². The zero-order valence-corrected chi connectivity index (χ0v) is 12.8. The Balaban J connectivity index is 1.93. The smallest absolute Gasteiger partial charge is 0.410 e. The van der Waals surface area contributed by atoms with Gasteiger partial charge in [0.25, 0.3) is 0 Å². The Morgan fingerprint density at radius 1 is 1.50 bits per heavy atom. The van der Waals surface area contributed by atoms with Crippen LogP contribution < -0.4 is 0 Å². The highest BCUT2D eigenvalue weighted by atomic mass is 16.6. The summed E-state index contributed by atoms with van der Waals surface area (Å²) in [6.07, 6.45) is 1.44. The average Bonchev–Trinajstić information content (AvgIpc) is 2.83. The molecule has 2 rings (SSSR count). The van der Waals surface area contributed by atoms with Gasteiger partial charge in [-0.3, -0.25) is 0 Å². The van der Waals surface area contributed by atoms with E-state index in [4.69, 9.17) is 9.26 Å². The predicted octanol–water partition coefficient (Wildman–Crippen LogP) is 2.57. The fourth-order valence-electron chi connectivity index (χ4n) is 2.55. The van der Waals surface area contributed by atoms with Crippen molar-refractivity contribution >= 4 is 6.09 Å². The Labute approximate surface area is 119 Å². The van der Waals surface area contributed by atoms with Gasteiger partial charge in [-0.25, -0.2) is 4.79 Å². The molecule has 112 valence electrons. The van der Waals surface area contributed by atoms with E-state index in [0.29, 0.717) is 24.2 Å². The second-order valence-electron chi connectivity index (χ2n) is 6.52. The van der Waals surface area contributed by atoms with Crippen LogP contribution >= 0.6 is 0 Å². The molecule has 6 nitrogen and oxygen atoms in total. The van der Waals surface area contributed by atoms with Crippen molar-refractivity contribution in [2.75, 3.05) is 6.54 Å². The van der Waals surface area contributed by atoms with Gasteiger partial charge in [0, 0.05) is 25.9 Å². The van der Waals surface area contributed by atoms with Crippen LogP contribution in [0.15, 0.2) is 4.52 Å². The molecular weight excluding hydrogens is 258 g/mol. The summed E-state index contributed by atoms with van der Waals surface area (Å²) in [5, 5.41) is 3.91. The molecule has 1 aromatic heterocycles. The summed E-state index contributed by atoms with van der Waals surface area (Å²) in [5.74, 6) is 1.65. The quantitative estimate of drug-likeness (QED) is 0.833. The van der Waals surface area contributed by atoms with Gasteiger partial charge in [0.2, 0.25) is 5.89 Å². The Kier molecular flexibility index (Phi) is 4.01. The lowest BCUT2D eigenvalue weighted by Gasteiger charge is -2.27. The van der Waals surface area contributed by atoms with Crippen LogP contribution in [-0.4, -0.2) is 39.3 Å². The first kappa shape index (κ1) is 14.8. The maximum Gasteiger partial charge on any atom is 0.410 e. The van der Waals surface area contributed by atoms with E-state index in [2.05, 4.69) is 10.1 Å². The van der Waals surface area contributed by atoms with E-state index in [1.807, 2.05) is 27.7 Å². The topological polar surface area (TPSA) is 68.5 Å². The Morgan fingerprint density at radius 2 is 2.20 bits per heavy atom. The highest BCUT2D eigenvalue weighted by Crippen LogP contribution is 2.27. The molecule has 0 bridgehead atoms. The van der Waals surface area contributed by atoms with Crippen LogP contribution in [0.1, 0.15) is 45.8 Å². The molecule has 1 aromatic rings. The first-order valence-electron chi connectivity index (χ1n) is 7.03. The normalized spacial score (nSPS) is 23.1. The fourth-order valence-corrected chi connectivity index (χ4v) is 2.55. The summed E-state index contributed by atoms with van der Waals surface area (Å²) in [4.78, 5) is 18.1. The fraction of sp³-hybridized carbons (Fsp3) is 0.786. The average molecular weight is 281 g/mol. The third kappa shape index (κ3) is 3.71. The SMILES string of the molecule is Cc1nc(CC2CC(C)N(C(=O)OC(C)(C)C)C2)no1. The second-order valence-corrected chi connectivity index (χ2v) is 6.52. The maximum atomic E-state index is 12.1. The van der Waals surface area contributed by atoms with Crippen LogP contribution in [0.5, 0.6) is 0 Å². The first-order valence-corrected chi connectivity index (χ1v) is 7.03. The zero-order chi connectivity index (χ0) is 14.9. The number of rotatable bonds is 2. The molecule has 1 aliphatic rings. The molecule has 2 unspecified atom stereocenters. The highest BCUT2D eigenvalue weighted by Gasteiger charge is 2.35. The molecule has 2 atom stereocenters. The molecule has 1 saturated heterocycles. The van der Waals surface area contributed by atoms with E-state index in [0.717, 1.165) is 12.8 Å². The van der Waals surface area contributed by atoms with Crippen LogP contribution in [0.25, 0.3) is 0 Å². The van der Waals surface area contributed by atoms with Crippen molar-refractivity contribution in [2.24, 2.45) is 5.92 Å². The highest BCUT2D eigenvalue weighted by molar-refractivity contribution is 5.69. The van der Waals surface area contributed by atoms with Crippen molar-refractivity contribution in [1.82, 2.24) is 15.0 Å². The number of nitrogens with zero attached hydrogens (tertiary/aromatic N) is 3. The van der Waals surface area contributed by atoms with Crippen molar-refractivity contribution in [3.63, 3.8) is 0 Å². The number of aromatic nitrogens is 2. The van der Waals surface area contributed by atoms with Crippen molar-refractivity contribution < 1.29 is 14.1 Å². The minimum atomic E-state index is -0.459. The number of hydrogen-bond acceptors (Lipinski definition) is 5. The van der Waals surface area contributed by atoms with Crippen molar-refractivity contribution in [3.05, 3.63) is 11.7 Å². The van der Waals surface area contributed by atoms with Gasteiger partial charge in [-0.15, -0.1) is 0 Å². The Morgan fingerprint density at radius 3 is 2.75 bits per heavy atom. The molecule has 1 fully saturated rings. The lowest BCUT2D eigenvalue weighted by atomic mass is 10.0. The summed E-state index contributed by atoms with van der Waals surface area (Å²) in [6.45, 7) is 10.2. The summed E-state index contributed by atoms with van der Waals surface area (Å²) in [7, 11) is 0. The van der Waals surface area contributed by atoms with Crippen molar-refractivity contribution in [1.29, 1.82) is 0 Å². The summed E-state index contributed by atoms with van der Waals surface area (Å²) >= 11 is 0. The van der Waals surface area contributed by atoms with Gasteiger partial charge in [0.15, 0.2) is 5.82 Å². The number of amides is 1. The van der Waals surface area contributed by atoms with Gasteiger partial charge < -0.3 is 14.2 Å². The number of likely N-dealkylation sites (tertiary alicyclic amines) is 1. The lowest BCUT2D eigenvalue weighted by molar-refractivity contribution is 0.0233. The van der Waals surface area contributed by atoms with E-state index in [1.54, 1.807) is 11.8 Å². The standard InChI is InChI=1S/C14H23N3O3/c1-9-6-11(7-12-15-10(2)20-16-12)8-17(9)13(18)19-14(3,4)5/h9,11H,6-8H2,1-5H3. The van der Waals surface area contributed by atoms with E-state index < -0.39 is 5.60 Å². The minimum absolute atomic E-state index is 0.183. The molecule has 0 aliphatic carbocycles. The minimum Gasteiger partial charge on any atom is -0.444 e. The van der Waals surface area contributed by atoms with Gasteiger partial charge in [0.05, 0.1) is 0 Å². The van der Waals surface area contributed by atoms with Crippen molar-refractivity contribution in [3.8, 4) is 0 Å². The van der Waals surface area contributed by atoms with Crippen LogP contribution in [-0.2, 0) is 11.2 Å². The van der Waals surface area contributed by atoms with Crippen LogP contribution in [0.4, 0.5) is 4.79 Å². The molecule has 0 aromatic carbocycles. The molecule has 0 N–H and O–H groups in total. The van der Waals surface area contributed by atoms with Gasteiger partial charge in [-0.1, -0.05) is 5.16 Å². The number of hydrogen-bond donors (Lipinski definition) is 0. The number of ether oxygens (including phenoxy) is 1. The molecular formula is C14H23N3O3. The summed E-state index contributed by atoms with van der Waals surface area (Å²) in [6, 6.07) is 0.183. The maximum absolute atomic E-state index is 12.1. The number of carbonyl (C=O) groups is 1. The largest absolute Gasteiger partial charge is 0.444 e. The first-order chi connectivity index (χ1) is 9.24. The van der Waals surface area contributed by atoms with Crippen LogP contribution in [0.2, 0.25) is 0 Å². The van der Waals surface area contributed by atoms with E-state index in [1.165, 1.54) is 0 Å². The Hall–Kier alpha value is -1.59. The number of aryl methyl sites for hydroxylation is 1. The van der Waals surface area contributed by atoms with E-state index >= 15 is 0 Å². The zero-order valence-electron chi connectivity index (χ0n) is 12.8. The van der Waals surface area contributed by atoms with Crippen molar-refractivity contribution in [2.45, 2.75) is 59.1 Å². The van der Waals surface area contributed by atoms with Gasteiger partial charge in [-0.05, 0) is 40.0 Å². The second kappa shape index (κ2) is 5.42. The van der Waals surface area contributed by atoms with E-state index in [-0.39, 0.29) is 12.1 Å². The molecule has 0 spiro atoms. The Bertz CT molecular complexity index is 478. The predicted molar refractivity (Wildman–Crippen MR) is 73.2 cm³/mol. The molecule has 0 radical (unpaired) electrons.